The van der Waals surface area contributed by atoms with Crippen LogP contribution in [0.2, 0.25) is 0 Å². The molecule has 2 rings (SSSR count). The van der Waals surface area contributed by atoms with Gasteiger partial charge in [-0.05, 0) is 30.2 Å². The number of aromatic nitrogens is 2. The van der Waals surface area contributed by atoms with Crippen LogP contribution in [0.15, 0.2) is 24.4 Å². The van der Waals surface area contributed by atoms with E-state index in [4.69, 9.17) is 16.7 Å². The first kappa shape index (κ1) is 12.6. The summed E-state index contributed by atoms with van der Waals surface area (Å²) >= 11 is 0. The molecule has 0 radical (unpaired) electrons. The number of carbonyl (C=O) groups is 1. The molecule has 0 saturated heterocycles. The van der Waals surface area contributed by atoms with Crippen LogP contribution in [0.5, 0.6) is 0 Å². The molecule has 0 aliphatic carbocycles. The Kier molecular flexibility index (Phi) is 3.21. The zero-order valence-electron chi connectivity index (χ0n) is 10.4. The lowest BCUT2D eigenvalue weighted by atomic mass is 10.1. The number of nitriles is 1. The quantitative estimate of drug-likeness (QED) is 0.844. The molecular weight excluding hydrogens is 242 g/mol. The van der Waals surface area contributed by atoms with Gasteiger partial charge in [-0.25, -0.2) is 0 Å². The Hall–Kier alpha value is -2.81. The van der Waals surface area contributed by atoms with E-state index >= 15 is 0 Å². The number of hydrogen-bond acceptors (Lipinski definition) is 4. The zero-order valence-corrected chi connectivity index (χ0v) is 10.4. The molecule has 1 heterocycles. The number of nitrogens with zero attached hydrogens (tertiary/aromatic N) is 3. The Morgan fingerprint density at radius 3 is 2.79 bits per heavy atom. The maximum Gasteiger partial charge on any atom is 0.271 e. The van der Waals surface area contributed by atoms with Crippen molar-refractivity contribution in [1.82, 2.24) is 9.78 Å². The predicted octanol–water partition coefficient (Wildman–Crippen LogP) is 0.793. The Bertz CT molecular complexity index is 681. The topological polar surface area (TPSA) is 111 Å². The molecule has 1 aromatic carbocycles. The Morgan fingerprint density at radius 1 is 1.53 bits per heavy atom. The molecule has 1 amide bonds. The highest BCUT2D eigenvalue weighted by Crippen LogP contribution is 2.14. The van der Waals surface area contributed by atoms with E-state index in [-0.39, 0.29) is 11.4 Å². The molecule has 0 unspecified atom stereocenters. The van der Waals surface area contributed by atoms with Gasteiger partial charge in [0.1, 0.15) is 0 Å². The van der Waals surface area contributed by atoms with E-state index in [9.17, 15) is 4.79 Å². The van der Waals surface area contributed by atoms with Crippen LogP contribution in [-0.2, 0) is 6.54 Å². The Morgan fingerprint density at radius 2 is 2.26 bits per heavy atom. The minimum Gasteiger partial charge on any atom is -0.396 e. The molecule has 0 fully saturated rings. The number of anilines is 1. The van der Waals surface area contributed by atoms with Gasteiger partial charge in [0.2, 0.25) is 0 Å². The number of rotatable bonds is 3. The fourth-order valence-electron chi connectivity index (χ4n) is 1.83. The highest BCUT2D eigenvalue weighted by Gasteiger charge is 2.12. The highest BCUT2D eigenvalue weighted by molar-refractivity contribution is 5.95. The van der Waals surface area contributed by atoms with Crippen LogP contribution in [0.4, 0.5) is 5.69 Å². The summed E-state index contributed by atoms with van der Waals surface area (Å²) in [6.45, 7) is 2.38. The van der Waals surface area contributed by atoms with Gasteiger partial charge in [-0.15, -0.1) is 0 Å². The summed E-state index contributed by atoms with van der Waals surface area (Å²) in [5.41, 5.74) is 13.7. The molecule has 0 spiro atoms. The molecule has 0 saturated carbocycles. The average Bonchev–Trinajstić information content (AvgIpc) is 2.73. The monoisotopic (exact) mass is 255 g/mol. The summed E-state index contributed by atoms with van der Waals surface area (Å²) in [7, 11) is 0. The van der Waals surface area contributed by atoms with Crippen molar-refractivity contribution < 1.29 is 4.79 Å². The Balaban J connectivity index is 2.29. The molecule has 96 valence electrons. The van der Waals surface area contributed by atoms with Crippen molar-refractivity contribution in [2.24, 2.45) is 5.73 Å². The van der Waals surface area contributed by atoms with Gasteiger partial charge in [-0.1, -0.05) is 6.07 Å². The third-order valence-corrected chi connectivity index (χ3v) is 2.83. The number of amides is 1. The second-order valence-corrected chi connectivity index (χ2v) is 4.25. The number of nitrogens with two attached hydrogens (primary N) is 2. The summed E-state index contributed by atoms with van der Waals surface area (Å²) in [6, 6.07) is 7.48. The van der Waals surface area contributed by atoms with Crippen LogP contribution in [0.3, 0.4) is 0 Å². The third kappa shape index (κ3) is 2.55. The second-order valence-electron chi connectivity index (χ2n) is 4.25. The average molecular weight is 255 g/mol. The standard InChI is InChI=1S/C13H13N5O/c1-8-4-9(5-14)2-3-10(8)6-18-7-11(15)12(17-18)13(16)19/h2-4,7H,6,15H2,1H3,(H2,16,19). The van der Waals surface area contributed by atoms with E-state index in [0.29, 0.717) is 12.1 Å². The number of carbonyl (C=O) groups excluding carboxylic acids is 1. The normalized spacial score (nSPS) is 10.1. The molecular formula is C13H13N5O. The van der Waals surface area contributed by atoms with Gasteiger partial charge in [0, 0.05) is 6.20 Å². The van der Waals surface area contributed by atoms with Crippen molar-refractivity contribution in [2.75, 3.05) is 5.73 Å². The van der Waals surface area contributed by atoms with Crippen molar-refractivity contribution in [3.63, 3.8) is 0 Å². The van der Waals surface area contributed by atoms with E-state index < -0.39 is 5.91 Å². The third-order valence-electron chi connectivity index (χ3n) is 2.83. The van der Waals surface area contributed by atoms with Crippen molar-refractivity contribution in [2.45, 2.75) is 13.5 Å². The molecule has 4 N–H and O–H groups in total. The van der Waals surface area contributed by atoms with Gasteiger partial charge in [0.25, 0.3) is 5.91 Å². The molecule has 0 atom stereocenters. The fraction of sp³-hybridized carbons (Fsp3) is 0.154. The van der Waals surface area contributed by atoms with Gasteiger partial charge in [0.15, 0.2) is 5.69 Å². The van der Waals surface area contributed by atoms with Crippen molar-refractivity contribution in [3.8, 4) is 6.07 Å². The highest BCUT2D eigenvalue weighted by atomic mass is 16.1. The first-order valence-corrected chi connectivity index (χ1v) is 5.63. The summed E-state index contributed by atoms with van der Waals surface area (Å²) in [5, 5.41) is 12.8. The first-order valence-electron chi connectivity index (χ1n) is 5.63. The van der Waals surface area contributed by atoms with Gasteiger partial charge >= 0.3 is 0 Å². The van der Waals surface area contributed by atoms with Crippen LogP contribution in [-0.4, -0.2) is 15.7 Å². The summed E-state index contributed by atoms with van der Waals surface area (Å²) in [6.07, 6.45) is 1.57. The van der Waals surface area contributed by atoms with Crippen LogP contribution in [0.25, 0.3) is 0 Å². The van der Waals surface area contributed by atoms with Crippen LogP contribution in [0.1, 0.15) is 27.2 Å². The molecule has 0 aliphatic rings. The second kappa shape index (κ2) is 4.82. The predicted molar refractivity (Wildman–Crippen MR) is 70.2 cm³/mol. The number of primary amides is 1. The molecule has 6 nitrogen and oxygen atoms in total. The summed E-state index contributed by atoms with van der Waals surface area (Å²) < 4.78 is 1.56. The van der Waals surface area contributed by atoms with Gasteiger partial charge < -0.3 is 11.5 Å². The molecule has 19 heavy (non-hydrogen) atoms. The number of hydrogen-bond donors (Lipinski definition) is 2. The maximum atomic E-state index is 11.1. The molecule has 1 aromatic heterocycles. The fourth-order valence-corrected chi connectivity index (χ4v) is 1.83. The molecule has 0 bridgehead atoms. The van der Waals surface area contributed by atoms with Gasteiger partial charge in [-0.2, -0.15) is 10.4 Å². The lowest BCUT2D eigenvalue weighted by Crippen LogP contribution is -2.14. The number of aryl methyl sites for hydroxylation is 1. The SMILES string of the molecule is Cc1cc(C#N)ccc1Cn1cc(N)c(C(N)=O)n1. The first-order chi connectivity index (χ1) is 9.01. The van der Waals surface area contributed by atoms with E-state index in [2.05, 4.69) is 11.2 Å². The lowest BCUT2D eigenvalue weighted by molar-refractivity contribution is 0.0995. The van der Waals surface area contributed by atoms with Crippen molar-refractivity contribution in [3.05, 3.63) is 46.8 Å². The minimum absolute atomic E-state index is 0.0753. The minimum atomic E-state index is -0.646. The zero-order chi connectivity index (χ0) is 14.0. The van der Waals surface area contributed by atoms with Crippen molar-refractivity contribution >= 4 is 11.6 Å². The van der Waals surface area contributed by atoms with Crippen molar-refractivity contribution in [1.29, 1.82) is 5.26 Å². The molecule has 2 aromatic rings. The smallest absolute Gasteiger partial charge is 0.271 e. The number of benzene rings is 1. The van der Waals surface area contributed by atoms with E-state index in [1.54, 1.807) is 23.0 Å². The molecule has 6 heteroatoms. The van der Waals surface area contributed by atoms with E-state index in [1.165, 1.54) is 0 Å². The largest absolute Gasteiger partial charge is 0.396 e. The van der Waals surface area contributed by atoms with Crippen LogP contribution >= 0.6 is 0 Å². The Labute approximate surface area is 110 Å². The summed E-state index contributed by atoms with van der Waals surface area (Å²) in [5.74, 6) is -0.646. The van der Waals surface area contributed by atoms with E-state index in [0.717, 1.165) is 11.1 Å². The summed E-state index contributed by atoms with van der Waals surface area (Å²) in [4.78, 5) is 11.1. The van der Waals surface area contributed by atoms with Gasteiger partial charge in [0.05, 0.1) is 23.9 Å². The van der Waals surface area contributed by atoms with E-state index in [1.807, 2.05) is 13.0 Å². The van der Waals surface area contributed by atoms with Crippen LogP contribution in [0, 0.1) is 18.3 Å². The maximum absolute atomic E-state index is 11.1. The van der Waals surface area contributed by atoms with Crippen LogP contribution < -0.4 is 11.5 Å². The molecule has 0 aliphatic heterocycles. The number of nitrogen functional groups attached to an aromatic ring is 1. The lowest BCUT2D eigenvalue weighted by Gasteiger charge is -2.06. The van der Waals surface area contributed by atoms with Gasteiger partial charge in [-0.3, -0.25) is 9.48 Å².